The monoisotopic (exact) mass is 242 g/mol. The Morgan fingerprint density at radius 2 is 2.06 bits per heavy atom. The fourth-order valence-corrected chi connectivity index (χ4v) is 2.89. The van der Waals surface area contributed by atoms with Crippen molar-refractivity contribution in [2.75, 3.05) is 26.2 Å². The standard InChI is InChI=1S/C11H18N4.ClH/c1-14-5-9(2-13-14)6-15-7-10-3-12-4-11(10)8-15;/h2,5,10-12H,3-4,6-8H2,1H3;1H/t10-,11+;. The first kappa shape index (κ1) is 11.9. The van der Waals surface area contributed by atoms with E-state index in [9.17, 15) is 0 Å². The molecule has 3 heterocycles. The molecule has 0 amide bonds. The molecule has 1 aromatic rings. The fourth-order valence-electron chi connectivity index (χ4n) is 2.89. The van der Waals surface area contributed by atoms with Gasteiger partial charge in [0.1, 0.15) is 0 Å². The Labute approximate surface area is 102 Å². The minimum Gasteiger partial charge on any atom is -0.316 e. The summed E-state index contributed by atoms with van der Waals surface area (Å²) in [5.41, 5.74) is 1.34. The molecule has 3 rings (SSSR count). The van der Waals surface area contributed by atoms with E-state index in [0.29, 0.717) is 0 Å². The van der Waals surface area contributed by atoms with Gasteiger partial charge in [-0.3, -0.25) is 9.58 Å². The number of likely N-dealkylation sites (tertiary alicyclic amines) is 1. The molecule has 2 fully saturated rings. The van der Waals surface area contributed by atoms with Gasteiger partial charge in [0.2, 0.25) is 0 Å². The molecule has 2 saturated heterocycles. The largest absolute Gasteiger partial charge is 0.316 e. The lowest BCUT2D eigenvalue weighted by atomic mass is 10.0. The molecule has 0 spiro atoms. The summed E-state index contributed by atoms with van der Waals surface area (Å²) in [6.07, 6.45) is 4.10. The molecule has 2 aliphatic rings. The lowest BCUT2D eigenvalue weighted by molar-refractivity contribution is 0.305. The summed E-state index contributed by atoms with van der Waals surface area (Å²) in [5.74, 6) is 1.78. The second kappa shape index (κ2) is 4.73. The number of aryl methyl sites for hydroxylation is 1. The Morgan fingerprint density at radius 1 is 1.38 bits per heavy atom. The van der Waals surface area contributed by atoms with Gasteiger partial charge in [0.25, 0.3) is 0 Å². The van der Waals surface area contributed by atoms with Crippen LogP contribution in [0.4, 0.5) is 0 Å². The van der Waals surface area contributed by atoms with Crippen LogP contribution in [0.2, 0.25) is 0 Å². The van der Waals surface area contributed by atoms with Gasteiger partial charge in [0.05, 0.1) is 6.20 Å². The summed E-state index contributed by atoms with van der Waals surface area (Å²) in [4.78, 5) is 2.56. The van der Waals surface area contributed by atoms with Crippen molar-refractivity contribution >= 4 is 12.4 Å². The number of nitrogens with one attached hydrogen (secondary N) is 1. The number of halogens is 1. The molecule has 4 nitrogen and oxygen atoms in total. The smallest absolute Gasteiger partial charge is 0.0534 e. The average Bonchev–Trinajstić information content (AvgIpc) is 2.81. The van der Waals surface area contributed by atoms with E-state index in [-0.39, 0.29) is 12.4 Å². The van der Waals surface area contributed by atoms with Gasteiger partial charge in [-0.05, 0) is 24.9 Å². The van der Waals surface area contributed by atoms with Gasteiger partial charge in [0, 0.05) is 38.4 Å². The lowest BCUT2D eigenvalue weighted by Crippen LogP contribution is -2.25. The van der Waals surface area contributed by atoms with Gasteiger partial charge < -0.3 is 5.32 Å². The van der Waals surface area contributed by atoms with Gasteiger partial charge in [-0.15, -0.1) is 12.4 Å². The zero-order valence-electron chi connectivity index (χ0n) is 9.59. The third-order valence-corrected chi connectivity index (χ3v) is 3.63. The maximum absolute atomic E-state index is 4.21. The third-order valence-electron chi connectivity index (χ3n) is 3.63. The number of rotatable bonds is 2. The highest BCUT2D eigenvalue weighted by Crippen LogP contribution is 2.27. The Morgan fingerprint density at radius 3 is 2.62 bits per heavy atom. The molecule has 0 unspecified atom stereocenters. The van der Waals surface area contributed by atoms with Crippen LogP contribution >= 0.6 is 12.4 Å². The molecule has 0 bridgehead atoms. The number of hydrogen-bond acceptors (Lipinski definition) is 3. The maximum Gasteiger partial charge on any atom is 0.0534 e. The Bertz CT molecular complexity index is 340. The van der Waals surface area contributed by atoms with Crippen LogP contribution in [0.5, 0.6) is 0 Å². The van der Waals surface area contributed by atoms with Crippen LogP contribution in [0.15, 0.2) is 12.4 Å². The van der Waals surface area contributed by atoms with E-state index in [1.165, 1.54) is 31.7 Å². The Kier molecular flexibility index (Phi) is 3.52. The van der Waals surface area contributed by atoms with Crippen LogP contribution in [0, 0.1) is 11.8 Å². The van der Waals surface area contributed by atoms with Crippen molar-refractivity contribution in [1.82, 2.24) is 20.0 Å². The highest BCUT2D eigenvalue weighted by molar-refractivity contribution is 5.85. The normalized spacial score (nSPS) is 29.1. The van der Waals surface area contributed by atoms with E-state index in [2.05, 4.69) is 21.5 Å². The van der Waals surface area contributed by atoms with Gasteiger partial charge in [-0.25, -0.2) is 0 Å². The zero-order valence-corrected chi connectivity index (χ0v) is 10.4. The van der Waals surface area contributed by atoms with Gasteiger partial charge in [-0.2, -0.15) is 5.10 Å². The highest BCUT2D eigenvalue weighted by Gasteiger charge is 2.35. The number of hydrogen-bond donors (Lipinski definition) is 1. The second-order valence-corrected chi connectivity index (χ2v) is 4.89. The molecule has 1 N–H and O–H groups in total. The van der Waals surface area contributed by atoms with Gasteiger partial charge in [-0.1, -0.05) is 0 Å². The number of fused-ring (bicyclic) bond motifs is 1. The summed E-state index contributed by atoms with van der Waals surface area (Å²) >= 11 is 0. The van der Waals surface area contributed by atoms with Crippen molar-refractivity contribution in [2.24, 2.45) is 18.9 Å². The van der Waals surface area contributed by atoms with Crippen LogP contribution in [0.1, 0.15) is 5.56 Å². The predicted octanol–water partition coefficient (Wildman–Crippen LogP) is 0.493. The van der Waals surface area contributed by atoms with Gasteiger partial charge >= 0.3 is 0 Å². The van der Waals surface area contributed by atoms with E-state index in [1.54, 1.807) is 0 Å². The molecule has 16 heavy (non-hydrogen) atoms. The molecule has 2 aliphatic heterocycles. The summed E-state index contributed by atoms with van der Waals surface area (Å²) in [5, 5.41) is 7.68. The van der Waals surface area contributed by atoms with Crippen molar-refractivity contribution < 1.29 is 0 Å². The minimum atomic E-state index is 0. The van der Waals surface area contributed by atoms with Crippen LogP contribution in [-0.4, -0.2) is 40.9 Å². The molecule has 90 valence electrons. The zero-order chi connectivity index (χ0) is 10.3. The highest BCUT2D eigenvalue weighted by atomic mass is 35.5. The fraction of sp³-hybridized carbons (Fsp3) is 0.727. The molecule has 1 aromatic heterocycles. The Hall–Kier alpha value is -0.580. The predicted molar refractivity (Wildman–Crippen MR) is 65.6 cm³/mol. The summed E-state index contributed by atoms with van der Waals surface area (Å²) in [6.45, 7) is 6.02. The maximum atomic E-state index is 4.21. The summed E-state index contributed by atoms with van der Waals surface area (Å²) in [7, 11) is 1.98. The molecule has 0 aromatic carbocycles. The summed E-state index contributed by atoms with van der Waals surface area (Å²) < 4.78 is 1.88. The van der Waals surface area contributed by atoms with E-state index in [1.807, 2.05) is 17.9 Å². The SMILES string of the molecule is Cl.Cn1cc(CN2C[C@H]3CNC[C@H]3C2)cn1. The molecular formula is C11H19ClN4. The molecular weight excluding hydrogens is 224 g/mol. The van der Waals surface area contributed by atoms with E-state index in [0.717, 1.165) is 18.4 Å². The van der Waals surface area contributed by atoms with Crippen molar-refractivity contribution in [3.8, 4) is 0 Å². The van der Waals surface area contributed by atoms with E-state index >= 15 is 0 Å². The van der Waals surface area contributed by atoms with E-state index < -0.39 is 0 Å². The molecule has 0 saturated carbocycles. The van der Waals surface area contributed by atoms with Crippen LogP contribution in [0.25, 0.3) is 0 Å². The molecule has 5 heteroatoms. The first-order valence-electron chi connectivity index (χ1n) is 5.72. The van der Waals surface area contributed by atoms with Crippen molar-refractivity contribution in [1.29, 1.82) is 0 Å². The first-order valence-corrected chi connectivity index (χ1v) is 5.72. The van der Waals surface area contributed by atoms with Crippen molar-refractivity contribution in [3.05, 3.63) is 18.0 Å². The van der Waals surface area contributed by atoms with Crippen LogP contribution in [0.3, 0.4) is 0 Å². The Balaban J connectivity index is 0.000000963. The number of aromatic nitrogens is 2. The molecule has 0 radical (unpaired) electrons. The van der Waals surface area contributed by atoms with Crippen LogP contribution < -0.4 is 5.32 Å². The minimum absolute atomic E-state index is 0. The summed E-state index contributed by atoms with van der Waals surface area (Å²) in [6, 6.07) is 0. The quantitative estimate of drug-likeness (QED) is 0.820. The van der Waals surface area contributed by atoms with Crippen molar-refractivity contribution in [2.45, 2.75) is 6.54 Å². The molecule has 0 aliphatic carbocycles. The average molecular weight is 243 g/mol. The number of nitrogens with zero attached hydrogens (tertiary/aromatic N) is 3. The van der Waals surface area contributed by atoms with Crippen LogP contribution in [-0.2, 0) is 13.6 Å². The topological polar surface area (TPSA) is 33.1 Å². The lowest BCUT2D eigenvalue weighted by Gasteiger charge is -2.15. The third kappa shape index (κ3) is 2.24. The van der Waals surface area contributed by atoms with Gasteiger partial charge in [0.15, 0.2) is 0 Å². The molecule has 2 atom stereocenters. The van der Waals surface area contributed by atoms with E-state index in [4.69, 9.17) is 0 Å². The van der Waals surface area contributed by atoms with Crippen molar-refractivity contribution in [3.63, 3.8) is 0 Å². The second-order valence-electron chi connectivity index (χ2n) is 4.89. The first-order chi connectivity index (χ1) is 7.31.